The average Bonchev–Trinajstić information content (AvgIpc) is 2.66. The summed E-state index contributed by atoms with van der Waals surface area (Å²) in [4.78, 5) is 9.85. The van der Waals surface area contributed by atoms with Crippen molar-refractivity contribution in [3.8, 4) is 0 Å². The Kier molecular flexibility index (Phi) is 12.8. The second-order valence-corrected chi connectivity index (χ2v) is 7.48. The van der Waals surface area contributed by atoms with Crippen LogP contribution in [0.4, 0.5) is 0 Å². The van der Waals surface area contributed by atoms with Crippen LogP contribution in [0.15, 0.2) is 4.99 Å². The molecule has 2 aliphatic rings. The maximum absolute atomic E-state index is 5.55. The smallest absolute Gasteiger partial charge is 0.191 e. The van der Waals surface area contributed by atoms with E-state index in [1.165, 1.54) is 0 Å². The standard InChI is InChI=1S/C19H39N5O2.HI/c1-5-20-19(21-14-16(2)24-11-13-26-15-17(24)3)22-18-6-8-23(9-7-18)10-12-25-4;/h16-18H,5-15H2,1-4H3,(H2,20,21,22);1H. The van der Waals surface area contributed by atoms with E-state index in [9.17, 15) is 0 Å². The molecule has 0 bridgehead atoms. The monoisotopic (exact) mass is 497 g/mol. The van der Waals surface area contributed by atoms with Gasteiger partial charge in [0.15, 0.2) is 5.96 Å². The number of ether oxygens (including phenoxy) is 2. The maximum atomic E-state index is 5.55. The number of hydrogen-bond acceptors (Lipinski definition) is 5. The number of methoxy groups -OCH3 is 1. The Morgan fingerprint density at radius 2 is 2.04 bits per heavy atom. The van der Waals surface area contributed by atoms with Gasteiger partial charge in [-0.3, -0.25) is 9.89 Å². The number of rotatable bonds is 8. The topological polar surface area (TPSA) is 61.4 Å². The number of morpholine rings is 1. The Morgan fingerprint density at radius 3 is 2.67 bits per heavy atom. The molecule has 0 saturated carbocycles. The molecule has 0 amide bonds. The summed E-state index contributed by atoms with van der Waals surface area (Å²) in [6.07, 6.45) is 2.31. The molecule has 2 rings (SSSR count). The van der Waals surface area contributed by atoms with Crippen molar-refractivity contribution < 1.29 is 9.47 Å². The second kappa shape index (κ2) is 13.9. The zero-order chi connectivity index (χ0) is 18.8. The molecule has 0 aromatic heterocycles. The third-order valence-electron chi connectivity index (χ3n) is 5.38. The molecule has 7 nitrogen and oxygen atoms in total. The highest BCUT2D eigenvalue weighted by Crippen LogP contribution is 2.12. The van der Waals surface area contributed by atoms with Crippen molar-refractivity contribution in [3.05, 3.63) is 0 Å². The fourth-order valence-electron chi connectivity index (χ4n) is 3.76. The van der Waals surface area contributed by atoms with E-state index in [1.807, 2.05) is 0 Å². The molecule has 2 atom stereocenters. The minimum atomic E-state index is 0. The number of likely N-dealkylation sites (tertiary alicyclic amines) is 1. The number of hydrogen-bond donors (Lipinski definition) is 2. The van der Waals surface area contributed by atoms with Gasteiger partial charge in [0.1, 0.15) is 0 Å². The van der Waals surface area contributed by atoms with Crippen molar-refractivity contribution in [2.75, 3.05) is 66.2 Å². The number of guanidine groups is 1. The van der Waals surface area contributed by atoms with Crippen molar-refractivity contribution in [2.45, 2.75) is 51.7 Å². The van der Waals surface area contributed by atoms with Crippen LogP contribution in [0.3, 0.4) is 0 Å². The van der Waals surface area contributed by atoms with Gasteiger partial charge in [-0.2, -0.15) is 0 Å². The van der Waals surface area contributed by atoms with Crippen LogP contribution in [0.5, 0.6) is 0 Å². The van der Waals surface area contributed by atoms with Crippen molar-refractivity contribution in [2.24, 2.45) is 4.99 Å². The fraction of sp³-hybridized carbons (Fsp3) is 0.947. The zero-order valence-corrected chi connectivity index (χ0v) is 19.9. The highest BCUT2D eigenvalue weighted by atomic mass is 127. The maximum Gasteiger partial charge on any atom is 0.191 e. The van der Waals surface area contributed by atoms with Crippen LogP contribution in [-0.2, 0) is 9.47 Å². The van der Waals surface area contributed by atoms with Gasteiger partial charge in [0, 0.05) is 58.0 Å². The number of aliphatic imine (C=N–C) groups is 1. The first-order valence-electron chi connectivity index (χ1n) is 10.2. The molecule has 2 fully saturated rings. The van der Waals surface area contributed by atoms with Crippen LogP contribution in [0.1, 0.15) is 33.6 Å². The third kappa shape index (κ3) is 8.81. The molecular formula is C19H40IN5O2. The van der Waals surface area contributed by atoms with Crippen LogP contribution in [0.2, 0.25) is 0 Å². The summed E-state index contributed by atoms with van der Waals surface area (Å²) in [6.45, 7) is 15.1. The Bertz CT molecular complexity index is 419. The SMILES string of the molecule is CCNC(=NCC(C)N1CCOCC1C)NC1CCN(CCOC)CC1.I. The Labute approximate surface area is 182 Å². The summed E-state index contributed by atoms with van der Waals surface area (Å²) in [5.74, 6) is 0.954. The minimum Gasteiger partial charge on any atom is -0.383 e. The van der Waals surface area contributed by atoms with Gasteiger partial charge in [-0.15, -0.1) is 24.0 Å². The molecule has 2 N–H and O–H groups in total. The van der Waals surface area contributed by atoms with E-state index < -0.39 is 0 Å². The van der Waals surface area contributed by atoms with Crippen molar-refractivity contribution >= 4 is 29.9 Å². The van der Waals surface area contributed by atoms with E-state index >= 15 is 0 Å². The van der Waals surface area contributed by atoms with E-state index in [4.69, 9.17) is 14.5 Å². The van der Waals surface area contributed by atoms with Gasteiger partial charge in [-0.25, -0.2) is 0 Å². The van der Waals surface area contributed by atoms with E-state index in [1.54, 1.807) is 7.11 Å². The van der Waals surface area contributed by atoms with E-state index in [0.29, 0.717) is 18.1 Å². The highest BCUT2D eigenvalue weighted by molar-refractivity contribution is 14.0. The van der Waals surface area contributed by atoms with Crippen LogP contribution >= 0.6 is 24.0 Å². The van der Waals surface area contributed by atoms with Gasteiger partial charge in [0.2, 0.25) is 0 Å². The largest absolute Gasteiger partial charge is 0.383 e. The number of piperidine rings is 1. The molecule has 2 aliphatic heterocycles. The summed E-state index contributed by atoms with van der Waals surface area (Å²) in [5, 5.41) is 7.05. The van der Waals surface area contributed by atoms with Gasteiger partial charge in [-0.1, -0.05) is 0 Å². The summed E-state index contributed by atoms with van der Waals surface area (Å²) in [7, 11) is 1.77. The van der Waals surface area contributed by atoms with Crippen LogP contribution in [0.25, 0.3) is 0 Å². The summed E-state index contributed by atoms with van der Waals surface area (Å²) < 4.78 is 10.7. The van der Waals surface area contributed by atoms with Gasteiger partial charge in [-0.05, 0) is 33.6 Å². The fourth-order valence-corrected chi connectivity index (χ4v) is 3.76. The molecule has 2 unspecified atom stereocenters. The number of halogens is 1. The van der Waals surface area contributed by atoms with Crippen LogP contribution in [0, 0.1) is 0 Å². The van der Waals surface area contributed by atoms with E-state index in [-0.39, 0.29) is 24.0 Å². The molecule has 27 heavy (non-hydrogen) atoms. The normalized spacial score (nSPS) is 24.3. The van der Waals surface area contributed by atoms with Gasteiger partial charge < -0.3 is 25.0 Å². The van der Waals surface area contributed by atoms with Crippen LogP contribution < -0.4 is 10.6 Å². The second-order valence-electron chi connectivity index (χ2n) is 7.48. The molecule has 0 aromatic carbocycles. The van der Waals surface area contributed by atoms with Gasteiger partial charge in [0.25, 0.3) is 0 Å². The molecule has 160 valence electrons. The van der Waals surface area contributed by atoms with Gasteiger partial charge >= 0.3 is 0 Å². The molecule has 0 aromatic rings. The minimum absolute atomic E-state index is 0. The predicted octanol–water partition coefficient (Wildman–Crippen LogP) is 1.38. The first-order valence-corrected chi connectivity index (χ1v) is 10.2. The first-order chi connectivity index (χ1) is 12.6. The molecular weight excluding hydrogens is 457 g/mol. The molecule has 2 heterocycles. The molecule has 0 spiro atoms. The van der Waals surface area contributed by atoms with Crippen molar-refractivity contribution in [3.63, 3.8) is 0 Å². The lowest BCUT2D eigenvalue weighted by Crippen LogP contribution is -2.51. The Hall–Kier alpha value is -0.160. The Morgan fingerprint density at radius 1 is 1.30 bits per heavy atom. The zero-order valence-electron chi connectivity index (χ0n) is 17.6. The Balaban J connectivity index is 0.00000364. The lowest BCUT2D eigenvalue weighted by molar-refractivity contribution is -0.0166. The van der Waals surface area contributed by atoms with Crippen molar-refractivity contribution in [1.29, 1.82) is 0 Å². The highest BCUT2D eigenvalue weighted by Gasteiger charge is 2.24. The average molecular weight is 497 g/mol. The molecule has 2 saturated heterocycles. The van der Waals surface area contributed by atoms with E-state index in [0.717, 1.165) is 77.9 Å². The third-order valence-corrected chi connectivity index (χ3v) is 5.38. The summed E-state index contributed by atoms with van der Waals surface area (Å²) >= 11 is 0. The predicted molar refractivity (Wildman–Crippen MR) is 122 cm³/mol. The molecule has 0 aliphatic carbocycles. The summed E-state index contributed by atoms with van der Waals surface area (Å²) in [6, 6.07) is 1.41. The molecule has 8 heteroatoms. The van der Waals surface area contributed by atoms with Crippen LogP contribution in [-0.4, -0.2) is 100 Å². The lowest BCUT2D eigenvalue weighted by atomic mass is 10.1. The number of nitrogens with one attached hydrogen (secondary N) is 2. The quantitative estimate of drug-likeness (QED) is 0.300. The van der Waals surface area contributed by atoms with Gasteiger partial charge in [0.05, 0.1) is 26.4 Å². The lowest BCUT2D eigenvalue weighted by Gasteiger charge is -2.37. The number of nitrogens with zero attached hydrogens (tertiary/aromatic N) is 3. The van der Waals surface area contributed by atoms with Crippen molar-refractivity contribution in [1.82, 2.24) is 20.4 Å². The van der Waals surface area contributed by atoms with E-state index in [2.05, 4.69) is 41.2 Å². The molecule has 0 radical (unpaired) electrons. The summed E-state index contributed by atoms with van der Waals surface area (Å²) in [5.41, 5.74) is 0. The first kappa shape index (κ1) is 24.9.